The zero-order valence-corrected chi connectivity index (χ0v) is 15.1. The van der Waals surface area contributed by atoms with Gasteiger partial charge in [-0.1, -0.05) is 13.3 Å². The standard InChI is InChI=1S/C19H19FN2O3S/c1-2-3-10-22-18(23)17(21-19(22)26)11-15-8-9-16(25-15)12-24-14-6-4-13(20)5-7-14/h4-9,11H,2-3,10,12H2,1H3,(H,21,26)/b17-11+. The molecule has 26 heavy (non-hydrogen) atoms. The minimum absolute atomic E-state index is 0.149. The number of hydrogen-bond donors (Lipinski definition) is 1. The third-order valence-electron chi connectivity index (χ3n) is 3.86. The Balaban J connectivity index is 1.62. The van der Waals surface area contributed by atoms with Crippen LogP contribution in [0.3, 0.4) is 0 Å². The Hall–Kier alpha value is -2.67. The second kappa shape index (κ2) is 8.14. The highest BCUT2D eigenvalue weighted by atomic mass is 32.1. The molecular formula is C19H19FN2O3S. The summed E-state index contributed by atoms with van der Waals surface area (Å²) in [6.45, 7) is 2.87. The molecule has 5 nitrogen and oxygen atoms in total. The van der Waals surface area contributed by atoms with Crippen LogP contribution in [0.25, 0.3) is 6.08 Å². The fraction of sp³-hybridized carbons (Fsp3) is 0.263. The summed E-state index contributed by atoms with van der Waals surface area (Å²) in [5, 5.41) is 3.34. The third kappa shape index (κ3) is 4.29. The van der Waals surface area contributed by atoms with Crippen molar-refractivity contribution in [3.63, 3.8) is 0 Å². The van der Waals surface area contributed by atoms with E-state index >= 15 is 0 Å². The van der Waals surface area contributed by atoms with Crippen LogP contribution in [-0.2, 0) is 11.4 Å². The van der Waals surface area contributed by atoms with Gasteiger partial charge < -0.3 is 14.5 Å². The van der Waals surface area contributed by atoms with Gasteiger partial charge in [0.15, 0.2) is 5.11 Å². The summed E-state index contributed by atoms with van der Waals surface area (Å²) >= 11 is 5.21. The fourth-order valence-electron chi connectivity index (χ4n) is 2.47. The lowest BCUT2D eigenvalue weighted by atomic mass is 10.3. The van der Waals surface area contributed by atoms with Crippen LogP contribution >= 0.6 is 12.2 Å². The molecular weight excluding hydrogens is 355 g/mol. The second-order valence-corrected chi connectivity index (χ2v) is 6.23. The van der Waals surface area contributed by atoms with Gasteiger partial charge in [-0.25, -0.2) is 4.39 Å². The number of amides is 1. The van der Waals surface area contributed by atoms with E-state index in [0.29, 0.717) is 34.6 Å². The fourth-order valence-corrected chi connectivity index (χ4v) is 2.75. The van der Waals surface area contributed by atoms with E-state index in [9.17, 15) is 9.18 Å². The Labute approximate surface area is 156 Å². The van der Waals surface area contributed by atoms with Crippen LogP contribution in [0.2, 0.25) is 0 Å². The number of unbranched alkanes of at least 4 members (excludes halogenated alkanes) is 1. The van der Waals surface area contributed by atoms with Gasteiger partial charge in [-0.15, -0.1) is 0 Å². The van der Waals surface area contributed by atoms with E-state index in [4.69, 9.17) is 21.4 Å². The summed E-state index contributed by atoms with van der Waals surface area (Å²) in [6, 6.07) is 9.28. The first-order valence-corrected chi connectivity index (χ1v) is 8.79. The van der Waals surface area contributed by atoms with Crippen molar-refractivity contribution >= 4 is 29.3 Å². The Morgan fingerprint density at radius 1 is 1.27 bits per heavy atom. The number of carbonyl (C=O) groups excluding carboxylic acids is 1. The smallest absolute Gasteiger partial charge is 0.276 e. The van der Waals surface area contributed by atoms with Crippen molar-refractivity contribution in [1.82, 2.24) is 10.2 Å². The SMILES string of the molecule is CCCCN1C(=O)/C(=C\c2ccc(COc3ccc(F)cc3)o2)NC1=S. The van der Waals surface area contributed by atoms with Crippen LogP contribution in [0.15, 0.2) is 46.5 Å². The Kier molecular flexibility index (Phi) is 5.68. The van der Waals surface area contributed by atoms with Crippen LogP contribution in [0.5, 0.6) is 5.75 Å². The predicted molar refractivity (Wildman–Crippen MR) is 99.8 cm³/mol. The summed E-state index contributed by atoms with van der Waals surface area (Å²) < 4.78 is 24.1. The Bertz CT molecular complexity index is 830. The highest BCUT2D eigenvalue weighted by Crippen LogP contribution is 2.19. The van der Waals surface area contributed by atoms with Crippen LogP contribution in [0.4, 0.5) is 4.39 Å². The summed E-state index contributed by atoms with van der Waals surface area (Å²) in [4.78, 5) is 13.9. The number of nitrogens with one attached hydrogen (secondary N) is 1. The molecule has 0 aliphatic carbocycles. The van der Waals surface area contributed by atoms with Crippen LogP contribution in [0.1, 0.15) is 31.3 Å². The average Bonchev–Trinajstić information content (AvgIpc) is 3.18. The zero-order chi connectivity index (χ0) is 18.5. The molecule has 2 aromatic rings. The monoisotopic (exact) mass is 374 g/mol. The number of thiocarbonyl (C=S) groups is 1. The lowest BCUT2D eigenvalue weighted by Crippen LogP contribution is -2.31. The van der Waals surface area contributed by atoms with Crippen molar-refractivity contribution in [3.8, 4) is 5.75 Å². The molecule has 1 aromatic heterocycles. The van der Waals surface area contributed by atoms with E-state index in [-0.39, 0.29) is 18.3 Å². The summed E-state index contributed by atoms with van der Waals surface area (Å²) in [7, 11) is 0. The molecule has 1 fully saturated rings. The van der Waals surface area contributed by atoms with E-state index in [1.165, 1.54) is 12.1 Å². The maximum Gasteiger partial charge on any atom is 0.276 e. The number of rotatable bonds is 7. The van der Waals surface area contributed by atoms with E-state index in [1.807, 2.05) is 0 Å². The van der Waals surface area contributed by atoms with E-state index < -0.39 is 0 Å². The molecule has 1 aliphatic heterocycles. The normalized spacial score (nSPS) is 15.6. The second-order valence-electron chi connectivity index (χ2n) is 5.85. The maximum absolute atomic E-state index is 12.9. The number of furan rings is 1. The first-order valence-electron chi connectivity index (χ1n) is 8.38. The number of ether oxygens (including phenoxy) is 1. The van der Waals surface area contributed by atoms with Gasteiger partial charge in [0.25, 0.3) is 5.91 Å². The van der Waals surface area contributed by atoms with Crippen LogP contribution < -0.4 is 10.1 Å². The van der Waals surface area contributed by atoms with Gasteiger partial charge in [0, 0.05) is 12.6 Å². The number of hydrogen-bond acceptors (Lipinski definition) is 4. The Morgan fingerprint density at radius 3 is 2.77 bits per heavy atom. The lowest BCUT2D eigenvalue weighted by Gasteiger charge is -2.12. The number of halogens is 1. The van der Waals surface area contributed by atoms with E-state index in [0.717, 1.165) is 12.8 Å². The van der Waals surface area contributed by atoms with Crippen molar-refractivity contribution < 1.29 is 18.3 Å². The molecule has 0 bridgehead atoms. The summed E-state index contributed by atoms with van der Waals surface area (Å²) in [5.41, 5.74) is 0.395. The molecule has 136 valence electrons. The molecule has 0 saturated carbocycles. The van der Waals surface area contributed by atoms with Crippen molar-refractivity contribution in [2.45, 2.75) is 26.4 Å². The highest BCUT2D eigenvalue weighted by molar-refractivity contribution is 7.80. The maximum atomic E-state index is 12.9. The van der Waals surface area contributed by atoms with Gasteiger partial charge in [0.05, 0.1) is 0 Å². The van der Waals surface area contributed by atoms with Gasteiger partial charge >= 0.3 is 0 Å². The molecule has 1 aliphatic rings. The molecule has 3 rings (SSSR count). The molecule has 2 heterocycles. The topological polar surface area (TPSA) is 54.7 Å². The minimum Gasteiger partial charge on any atom is -0.486 e. The minimum atomic E-state index is -0.316. The summed E-state index contributed by atoms with van der Waals surface area (Å²) in [5.74, 6) is 1.20. The molecule has 0 atom stereocenters. The van der Waals surface area contributed by atoms with Crippen molar-refractivity contribution in [2.75, 3.05) is 6.54 Å². The molecule has 1 amide bonds. The third-order valence-corrected chi connectivity index (χ3v) is 4.18. The quantitative estimate of drug-likeness (QED) is 0.589. The largest absolute Gasteiger partial charge is 0.486 e. The average molecular weight is 374 g/mol. The van der Waals surface area contributed by atoms with Crippen LogP contribution in [0, 0.1) is 5.82 Å². The molecule has 0 spiro atoms. The lowest BCUT2D eigenvalue weighted by molar-refractivity contribution is -0.122. The summed E-state index contributed by atoms with van der Waals surface area (Å²) in [6.07, 6.45) is 3.51. The Morgan fingerprint density at radius 2 is 2.04 bits per heavy atom. The highest BCUT2D eigenvalue weighted by Gasteiger charge is 2.30. The first-order chi connectivity index (χ1) is 12.6. The molecule has 0 radical (unpaired) electrons. The number of nitrogens with zero attached hydrogens (tertiary/aromatic N) is 1. The first kappa shape index (κ1) is 18.1. The number of benzene rings is 1. The van der Waals surface area contributed by atoms with Gasteiger partial charge in [-0.3, -0.25) is 9.69 Å². The van der Waals surface area contributed by atoms with Crippen molar-refractivity contribution in [3.05, 3.63) is 59.4 Å². The predicted octanol–water partition coefficient (Wildman–Crippen LogP) is 3.86. The van der Waals surface area contributed by atoms with Gasteiger partial charge in [-0.05, 0) is 55.0 Å². The van der Waals surface area contributed by atoms with Crippen molar-refractivity contribution in [1.29, 1.82) is 0 Å². The van der Waals surface area contributed by atoms with Gasteiger partial charge in [0.2, 0.25) is 0 Å². The van der Waals surface area contributed by atoms with Crippen LogP contribution in [-0.4, -0.2) is 22.5 Å². The number of carbonyl (C=O) groups is 1. The molecule has 1 aromatic carbocycles. The van der Waals surface area contributed by atoms with Crippen molar-refractivity contribution in [2.24, 2.45) is 0 Å². The molecule has 7 heteroatoms. The van der Waals surface area contributed by atoms with Gasteiger partial charge in [0.1, 0.15) is 35.4 Å². The van der Waals surface area contributed by atoms with Gasteiger partial charge in [-0.2, -0.15) is 0 Å². The molecule has 0 unspecified atom stereocenters. The molecule has 1 saturated heterocycles. The molecule has 1 N–H and O–H groups in total. The van der Waals surface area contributed by atoms with E-state index in [2.05, 4.69) is 12.2 Å². The van der Waals surface area contributed by atoms with E-state index in [1.54, 1.807) is 35.2 Å². The zero-order valence-electron chi connectivity index (χ0n) is 14.3.